The number of hydrogen-bond donors (Lipinski definition) is 1. The molecule has 0 spiro atoms. The second-order valence-electron chi connectivity index (χ2n) is 8.41. The lowest BCUT2D eigenvalue weighted by Crippen LogP contribution is -2.42. The molecule has 1 aromatic carbocycles. The van der Waals surface area contributed by atoms with E-state index in [-0.39, 0.29) is 29.4 Å². The molecule has 30 heavy (non-hydrogen) atoms. The Morgan fingerprint density at radius 2 is 1.83 bits per heavy atom. The van der Waals surface area contributed by atoms with Gasteiger partial charge in [-0.3, -0.25) is 9.69 Å². The molecule has 1 N–H and O–H groups in total. The minimum atomic E-state index is -1.43. The Morgan fingerprint density at radius 3 is 2.37 bits per heavy atom. The number of benzene rings is 1. The zero-order chi connectivity index (χ0) is 21.8. The molecule has 1 heterocycles. The topological polar surface area (TPSA) is 84.7 Å². The molecule has 0 unspecified atom stereocenters. The first-order valence-corrected chi connectivity index (χ1v) is 10.7. The van der Waals surface area contributed by atoms with E-state index in [1.165, 1.54) is 11.8 Å². The van der Waals surface area contributed by atoms with Crippen molar-refractivity contribution in [3.05, 3.63) is 36.0 Å². The van der Waals surface area contributed by atoms with E-state index in [2.05, 4.69) is 18.9 Å². The molecule has 7 heteroatoms. The maximum atomic E-state index is 13.4. The van der Waals surface area contributed by atoms with Crippen molar-refractivity contribution in [1.82, 2.24) is 9.78 Å². The highest BCUT2D eigenvalue weighted by Gasteiger charge is 2.34. The molecular formula is C23H31N3O4. The summed E-state index contributed by atoms with van der Waals surface area (Å²) in [6.07, 6.45) is 4.76. The molecule has 2 aromatic rings. The number of carbonyl (C=O) groups excluding carboxylic acids is 1. The van der Waals surface area contributed by atoms with Crippen molar-refractivity contribution < 1.29 is 19.4 Å². The third-order valence-electron chi connectivity index (χ3n) is 5.82. The van der Waals surface area contributed by atoms with Gasteiger partial charge in [0, 0.05) is 12.0 Å². The lowest BCUT2D eigenvalue weighted by Gasteiger charge is -2.32. The smallest absolute Gasteiger partial charge is 0.449 e. The van der Waals surface area contributed by atoms with Crippen LogP contribution in [0.3, 0.4) is 0 Å². The predicted molar refractivity (Wildman–Crippen MR) is 115 cm³/mol. The molecule has 162 valence electrons. The van der Waals surface area contributed by atoms with Gasteiger partial charge in [-0.1, -0.05) is 26.0 Å². The van der Waals surface area contributed by atoms with E-state index in [0.29, 0.717) is 5.92 Å². The zero-order valence-corrected chi connectivity index (χ0v) is 18.2. The normalized spacial score (nSPS) is 19.0. The van der Waals surface area contributed by atoms with E-state index < -0.39 is 6.16 Å². The zero-order valence-electron chi connectivity index (χ0n) is 18.2. The van der Waals surface area contributed by atoms with Crippen molar-refractivity contribution in [1.29, 1.82) is 0 Å². The van der Waals surface area contributed by atoms with Gasteiger partial charge in [-0.25, -0.2) is 9.48 Å². The Morgan fingerprint density at radius 1 is 1.20 bits per heavy atom. The fourth-order valence-corrected chi connectivity index (χ4v) is 4.01. The van der Waals surface area contributed by atoms with Gasteiger partial charge >= 0.3 is 6.16 Å². The summed E-state index contributed by atoms with van der Waals surface area (Å²) in [7, 11) is 0. The van der Waals surface area contributed by atoms with Crippen molar-refractivity contribution in [2.45, 2.75) is 65.8 Å². The second-order valence-corrected chi connectivity index (χ2v) is 8.41. The molecule has 0 aliphatic heterocycles. The Bertz CT molecular complexity index is 880. The molecule has 0 bridgehead atoms. The van der Waals surface area contributed by atoms with Crippen LogP contribution in [-0.2, 0) is 11.2 Å². The lowest BCUT2D eigenvalue weighted by molar-refractivity contribution is -0.124. The third kappa shape index (κ3) is 4.83. The van der Waals surface area contributed by atoms with Gasteiger partial charge in [-0.15, -0.1) is 5.10 Å². The van der Waals surface area contributed by atoms with Crippen LogP contribution in [0.4, 0.5) is 10.6 Å². The van der Waals surface area contributed by atoms with Gasteiger partial charge < -0.3 is 9.84 Å². The average molecular weight is 414 g/mol. The van der Waals surface area contributed by atoms with E-state index in [4.69, 9.17) is 4.74 Å². The molecule has 1 aromatic heterocycles. The summed E-state index contributed by atoms with van der Waals surface area (Å²) in [5.41, 5.74) is 1.97. The molecule has 3 rings (SSSR count). The van der Waals surface area contributed by atoms with Crippen LogP contribution >= 0.6 is 0 Å². The fraction of sp³-hybridized carbons (Fsp3) is 0.522. The Balaban J connectivity index is 1.97. The monoisotopic (exact) mass is 413 g/mol. The van der Waals surface area contributed by atoms with Crippen LogP contribution in [0.2, 0.25) is 0 Å². The molecule has 1 amide bonds. The average Bonchev–Trinajstić information content (AvgIpc) is 3.11. The van der Waals surface area contributed by atoms with E-state index in [9.17, 15) is 14.7 Å². The molecule has 1 fully saturated rings. The van der Waals surface area contributed by atoms with E-state index in [1.54, 1.807) is 9.58 Å². The van der Waals surface area contributed by atoms with Gasteiger partial charge in [0.25, 0.3) is 0 Å². The predicted octanol–water partition coefficient (Wildman–Crippen LogP) is 5.06. The number of amides is 1. The summed E-state index contributed by atoms with van der Waals surface area (Å²) >= 11 is 0. The summed E-state index contributed by atoms with van der Waals surface area (Å²) in [6, 6.07) is 7.67. The number of aromatic nitrogens is 2. The van der Waals surface area contributed by atoms with Crippen molar-refractivity contribution in [2.24, 2.45) is 11.8 Å². The lowest BCUT2D eigenvalue weighted by atomic mass is 9.82. The minimum Gasteiger partial charge on any atom is -0.449 e. The van der Waals surface area contributed by atoms with Crippen molar-refractivity contribution >= 4 is 17.9 Å². The first-order chi connectivity index (χ1) is 14.3. The molecule has 0 radical (unpaired) electrons. The maximum Gasteiger partial charge on any atom is 0.511 e. The fourth-order valence-electron chi connectivity index (χ4n) is 4.01. The van der Waals surface area contributed by atoms with Crippen LogP contribution in [0.1, 0.15) is 58.9 Å². The van der Waals surface area contributed by atoms with Crippen LogP contribution in [0.5, 0.6) is 5.75 Å². The number of rotatable bonds is 6. The summed E-state index contributed by atoms with van der Waals surface area (Å²) in [5, 5.41) is 13.8. The van der Waals surface area contributed by atoms with E-state index in [1.807, 2.05) is 38.1 Å². The highest BCUT2D eigenvalue weighted by molar-refractivity contribution is 5.96. The number of carboxylic acid groups (broad SMARTS) is 1. The molecule has 1 aliphatic rings. The number of aryl methyl sites for hydroxylation is 1. The summed E-state index contributed by atoms with van der Waals surface area (Å²) in [6.45, 7) is 8.11. The number of anilines is 1. The summed E-state index contributed by atoms with van der Waals surface area (Å²) in [5.74, 6) is 0.857. The Hall–Kier alpha value is -2.83. The van der Waals surface area contributed by atoms with Crippen LogP contribution in [-0.4, -0.2) is 33.0 Å². The van der Waals surface area contributed by atoms with Gasteiger partial charge in [0.05, 0.1) is 11.9 Å². The SMILES string of the molecule is CCc1ccc(-n2cc(OC(=O)O)c(N(C(=O)[C@H]3CC[C@H](C)CC3)C(C)C)n2)cc1. The molecule has 0 saturated heterocycles. The molecule has 1 saturated carbocycles. The number of ether oxygens (including phenoxy) is 1. The number of hydrogen-bond acceptors (Lipinski definition) is 4. The van der Waals surface area contributed by atoms with Gasteiger partial charge in [-0.05, 0) is 69.6 Å². The van der Waals surface area contributed by atoms with E-state index in [0.717, 1.165) is 37.8 Å². The third-order valence-corrected chi connectivity index (χ3v) is 5.82. The van der Waals surface area contributed by atoms with Gasteiger partial charge in [0.1, 0.15) is 0 Å². The van der Waals surface area contributed by atoms with Crippen molar-refractivity contribution in [2.75, 3.05) is 4.90 Å². The summed E-state index contributed by atoms with van der Waals surface area (Å²) in [4.78, 5) is 26.3. The van der Waals surface area contributed by atoms with Crippen LogP contribution in [0.25, 0.3) is 5.69 Å². The van der Waals surface area contributed by atoms with Gasteiger partial charge in [-0.2, -0.15) is 0 Å². The summed E-state index contributed by atoms with van der Waals surface area (Å²) < 4.78 is 6.59. The van der Waals surface area contributed by atoms with Gasteiger partial charge in [0.2, 0.25) is 11.7 Å². The van der Waals surface area contributed by atoms with Gasteiger partial charge in [0.15, 0.2) is 5.75 Å². The first kappa shape index (κ1) is 21.9. The quantitative estimate of drug-likeness (QED) is 0.669. The highest BCUT2D eigenvalue weighted by Crippen LogP contribution is 2.35. The highest BCUT2D eigenvalue weighted by atomic mass is 16.7. The van der Waals surface area contributed by atoms with E-state index >= 15 is 0 Å². The van der Waals surface area contributed by atoms with Crippen LogP contribution in [0.15, 0.2) is 30.5 Å². The molecule has 7 nitrogen and oxygen atoms in total. The maximum absolute atomic E-state index is 13.4. The molecule has 0 atom stereocenters. The number of nitrogens with zero attached hydrogens (tertiary/aromatic N) is 3. The van der Waals surface area contributed by atoms with Crippen molar-refractivity contribution in [3.63, 3.8) is 0 Å². The largest absolute Gasteiger partial charge is 0.511 e. The standard InChI is InChI=1S/C23H31N3O4/c1-5-17-8-12-19(13-9-17)25-14-20(30-23(28)29)21(24-25)26(15(2)3)22(27)18-10-6-16(4)7-11-18/h8-9,12-16,18H,5-7,10-11H2,1-4H3,(H,28,29)/t16-,18-. The van der Waals surface area contributed by atoms with Crippen molar-refractivity contribution in [3.8, 4) is 11.4 Å². The number of carbonyl (C=O) groups is 2. The molecule has 1 aliphatic carbocycles. The Labute approximate surface area is 177 Å². The first-order valence-electron chi connectivity index (χ1n) is 10.7. The molecular weight excluding hydrogens is 382 g/mol. The minimum absolute atomic E-state index is 0.0151. The van der Waals surface area contributed by atoms with Crippen LogP contribution < -0.4 is 9.64 Å². The Kier molecular flexibility index (Phi) is 6.80. The second kappa shape index (κ2) is 9.32. The van der Waals surface area contributed by atoms with Crippen LogP contribution in [0, 0.1) is 11.8 Å².